The fourth-order valence-electron chi connectivity index (χ4n) is 1.71. The van der Waals surface area contributed by atoms with Crippen molar-refractivity contribution in [2.24, 2.45) is 4.99 Å². The highest BCUT2D eigenvalue weighted by molar-refractivity contribution is 5.79. The van der Waals surface area contributed by atoms with E-state index in [1.54, 1.807) is 7.05 Å². The fraction of sp³-hybridized carbons (Fsp3) is 0.562. The molecule has 1 aromatic carbocycles. The Balaban J connectivity index is 2.21. The highest BCUT2D eigenvalue weighted by atomic mass is 16.5. The van der Waals surface area contributed by atoms with Gasteiger partial charge in [-0.15, -0.1) is 0 Å². The zero-order valence-corrected chi connectivity index (χ0v) is 13.1. The van der Waals surface area contributed by atoms with E-state index in [2.05, 4.69) is 60.7 Å². The van der Waals surface area contributed by atoms with Crippen LogP contribution >= 0.6 is 0 Å². The standard InChI is InChI=1S/C16H27N3O/c1-13(2)20-11-5-10-18-16(17-4)19-12-15-8-6-14(3)7-9-15/h6-9,13H,5,10-12H2,1-4H3,(H2,17,18,19). The molecule has 0 saturated heterocycles. The zero-order valence-electron chi connectivity index (χ0n) is 13.1. The molecule has 2 N–H and O–H groups in total. The number of aryl methyl sites for hydroxylation is 1. The number of ether oxygens (including phenoxy) is 1. The molecular weight excluding hydrogens is 250 g/mol. The molecule has 0 amide bonds. The maximum absolute atomic E-state index is 5.50. The molecule has 112 valence electrons. The van der Waals surface area contributed by atoms with Crippen molar-refractivity contribution in [1.29, 1.82) is 0 Å². The minimum absolute atomic E-state index is 0.300. The van der Waals surface area contributed by atoms with E-state index in [9.17, 15) is 0 Å². The summed E-state index contributed by atoms with van der Waals surface area (Å²) in [6.07, 6.45) is 1.28. The lowest BCUT2D eigenvalue weighted by atomic mass is 10.1. The minimum Gasteiger partial charge on any atom is -0.379 e. The molecule has 4 nitrogen and oxygen atoms in total. The molecule has 0 aliphatic rings. The third kappa shape index (κ3) is 7.14. The van der Waals surface area contributed by atoms with Gasteiger partial charge in [0.2, 0.25) is 0 Å². The number of nitrogens with one attached hydrogen (secondary N) is 2. The summed E-state index contributed by atoms with van der Waals surface area (Å²) in [5, 5.41) is 6.59. The Morgan fingerprint density at radius 2 is 1.90 bits per heavy atom. The number of rotatable bonds is 7. The monoisotopic (exact) mass is 277 g/mol. The summed E-state index contributed by atoms with van der Waals surface area (Å²) in [6.45, 7) is 8.62. The van der Waals surface area contributed by atoms with Gasteiger partial charge in [-0.25, -0.2) is 0 Å². The van der Waals surface area contributed by atoms with Gasteiger partial charge in [-0.2, -0.15) is 0 Å². The van der Waals surface area contributed by atoms with Crippen molar-refractivity contribution in [3.63, 3.8) is 0 Å². The highest BCUT2D eigenvalue weighted by Crippen LogP contribution is 2.02. The molecule has 20 heavy (non-hydrogen) atoms. The Bertz CT molecular complexity index is 399. The van der Waals surface area contributed by atoms with Crippen molar-refractivity contribution in [3.8, 4) is 0 Å². The molecule has 0 atom stereocenters. The third-order valence-electron chi connectivity index (χ3n) is 2.87. The molecule has 0 spiro atoms. The zero-order chi connectivity index (χ0) is 14.8. The first kappa shape index (κ1) is 16.5. The second kappa shape index (κ2) is 9.37. The van der Waals surface area contributed by atoms with Gasteiger partial charge >= 0.3 is 0 Å². The maximum atomic E-state index is 5.50. The van der Waals surface area contributed by atoms with Crippen molar-refractivity contribution in [2.75, 3.05) is 20.2 Å². The van der Waals surface area contributed by atoms with Crippen LogP contribution in [0.2, 0.25) is 0 Å². The lowest BCUT2D eigenvalue weighted by Gasteiger charge is -2.12. The van der Waals surface area contributed by atoms with Crippen LogP contribution in [0.3, 0.4) is 0 Å². The van der Waals surface area contributed by atoms with E-state index in [0.29, 0.717) is 6.10 Å². The second-order valence-electron chi connectivity index (χ2n) is 5.11. The number of benzene rings is 1. The van der Waals surface area contributed by atoms with Gasteiger partial charge in [-0.1, -0.05) is 29.8 Å². The van der Waals surface area contributed by atoms with Crippen molar-refractivity contribution >= 4 is 5.96 Å². The maximum Gasteiger partial charge on any atom is 0.191 e. The van der Waals surface area contributed by atoms with Crippen LogP contribution in [0.1, 0.15) is 31.4 Å². The molecule has 0 unspecified atom stereocenters. The van der Waals surface area contributed by atoms with Crippen LogP contribution in [0.5, 0.6) is 0 Å². The third-order valence-corrected chi connectivity index (χ3v) is 2.87. The first-order valence-electron chi connectivity index (χ1n) is 7.23. The largest absolute Gasteiger partial charge is 0.379 e. The average Bonchev–Trinajstić information content (AvgIpc) is 2.43. The predicted molar refractivity (Wildman–Crippen MR) is 85.1 cm³/mol. The van der Waals surface area contributed by atoms with Crippen LogP contribution in [-0.2, 0) is 11.3 Å². The van der Waals surface area contributed by atoms with Crippen molar-refractivity contribution in [3.05, 3.63) is 35.4 Å². The molecule has 4 heteroatoms. The van der Waals surface area contributed by atoms with E-state index in [0.717, 1.165) is 32.1 Å². The number of hydrogen-bond donors (Lipinski definition) is 2. The van der Waals surface area contributed by atoms with E-state index in [1.165, 1.54) is 11.1 Å². The van der Waals surface area contributed by atoms with Crippen LogP contribution in [0.15, 0.2) is 29.3 Å². The fourth-order valence-corrected chi connectivity index (χ4v) is 1.71. The van der Waals surface area contributed by atoms with Gasteiger partial charge in [0, 0.05) is 26.7 Å². The Morgan fingerprint density at radius 3 is 2.50 bits per heavy atom. The Labute approximate surface area is 122 Å². The first-order valence-corrected chi connectivity index (χ1v) is 7.23. The topological polar surface area (TPSA) is 45.7 Å². The molecule has 0 aliphatic heterocycles. The normalized spacial score (nSPS) is 11.8. The number of nitrogens with zero attached hydrogens (tertiary/aromatic N) is 1. The number of aliphatic imine (C=N–C) groups is 1. The van der Waals surface area contributed by atoms with E-state index in [-0.39, 0.29) is 0 Å². The molecule has 1 aromatic rings. The lowest BCUT2D eigenvalue weighted by Crippen LogP contribution is -2.37. The summed E-state index contributed by atoms with van der Waals surface area (Å²) in [5.74, 6) is 0.829. The molecule has 1 rings (SSSR count). The van der Waals surface area contributed by atoms with Gasteiger partial charge in [0.25, 0.3) is 0 Å². The van der Waals surface area contributed by atoms with Crippen LogP contribution < -0.4 is 10.6 Å². The van der Waals surface area contributed by atoms with E-state index >= 15 is 0 Å². The molecule has 0 aliphatic carbocycles. The number of guanidine groups is 1. The first-order chi connectivity index (χ1) is 9.61. The second-order valence-corrected chi connectivity index (χ2v) is 5.11. The summed E-state index contributed by atoms with van der Waals surface area (Å²) in [5.41, 5.74) is 2.53. The molecule has 0 saturated carbocycles. The molecule has 0 bridgehead atoms. The van der Waals surface area contributed by atoms with Crippen molar-refractivity contribution in [2.45, 2.75) is 39.8 Å². The summed E-state index contributed by atoms with van der Waals surface area (Å²) in [7, 11) is 1.79. The van der Waals surface area contributed by atoms with Gasteiger partial charge < -0.3 is 15.4 Å². The SMILES string of the molecule is CN=C(NCCCOC(C)C)NCc1ccc(C)cc1. The Kier molecular flexibility index (Phi) is 7.73. The van der Waals surface area contributed by atoms with Crippen LogP contribution in [0, 0.1) is 6.92 Å². The molecule has 0 radical (unpaired) electrons. The summed E-state index contributed by atoms with van der Waals surface area (Å²) in [6, 6.07) is 8.51. The quantitative estimate of drug-likeness (QED) is 0.457. The van der Waals surface area contributed by atoms with Crippen molar-refractivity contribution < 1.29 is 4.74 Å². The van der Waals surface area contributed by atoms with Crippen LogP contribution in [0.4, 0.5) is 0 Å². The van der Waals surface area contributed by atoms with Crippen LogP contribution in [0.25, 0.3) is 0 Å². The van der Waals surface area contributed by atoms with Gasteiger partial charge in [-0.3, -0.25) is 4.99 Å². The molecular formula is C16H27N3O. The number of hydrogen-bond acceptors (Lipinski definition) is 2. The minimum atomic E-state index is 0.300. The molecule has 0 fully saturated rings. The van der Waals surface area contributed by atoms with E-state index < -0.39 is 0 Å². The summed E-state index contributed by atoms with van der Waals surface area (Å²) >= 11 is 0. The van der Waals surface area contributed by atoms with Gasteiger partial charge in [-0.05, 0) is 32.8 Å². The van der Waals surface area contributed by atoms with Gasteiger partial charge in [0.1, 0.15) is 0 Å². The molecule has 0 heterocycles. The summed E-state index contributed by atoms with van der Waals surface area (Å²) in [4.78, 5) is 4.21. The van der Waals surface area contributed by atoms with Crippen molar-refractivity contribution in [1.82, 2.24) is 10.6 Å². The predicted octanol–water partition coefficient (Wildman–Crippen LogP) is 2.48. The van der Waals surface area contributed by atoms with Crippen LogP contribution in [-0.4, -0.2) is 32.3 Å². The Morgan fingerprint density at radius 1 is 1.20 bits per heavy atom. The van der Waals surface area contributed by atoms with E-state index in [1.807, 2.05) is 0 Å². The average molecular weight is 277 g/mol. The lowest BCUT2D eigenvalue weighted by molar-refractivity contribution is 0.0776. The van der Waals surface area contributed by atoms with Gasteiger partial charge in [0.05, 0.1) is 6.10 Å². The van der Waals surface area contributed by atoms with E-state index in [4.69, 9.17) is 4.74 Å². The Hall–Kier alpha value is -1.55. The smallest absolute Gasteiger partial charge is 0.191 e. The molecule has 0 aromatic heterocycles. The highest BCUT2D eigenvalue weighted by Gasteiger charge is 1.98. The summed E-state index contributed by atoms with van der Waals surface area (Å²) < 4.78 is 5.50. The van der Waals surface area contributed by atoms with Gasteiger partial charge in [0.15, 0.2) is 5.96 Å².